The van der Waals surface area contributed by atoms with Gasteiger partial charge in [0.15, 0.2) is 6.61 Å². The molecule has 1 aliphatic rings. The number of amides is 2. The number of hydrogen-bond acceptors (Lipinski definition) is 5. The van der Waals surface area contributed by atoms with E-state index in [1.165, 1.54) is 0 Å². The van der Waals surface area contributed by atoms with Crippen LogP contribution in [0.2, 0.25) is 0 Å². The molecule has 0 radical (unpaired) electrons. The van der Waals surface area contributed by atoms with Crippen molar-refractivity contribution in [1.29, 1.82) is 0 Å². The van der Waals surface area contributed by atoms with Crippen LogP contribution < -0.4 is 15.0 Å². The van der Waals surface area contributed by atoms with E-state index >= 15 is 0 Å². The number of aryl methyl sites for hydroxylation is 2. The van der Waals surface area contributed by atoms with E-state index in [4.69, 9.17) is 9.47 Å². The molecule has 7 heteroatoms. The Morgan fingerprint density at radius 1 is 1.13 bits per heavy atom. The zero-order chi connectivity index (χ0) is 21.7. The van der Waals surface area contributed by atoms with E-state index in [1.54, 1.807) is 29.2 Å². The largest absolute Gasteiger partial charge is 0.492 e. The number of benzene rings is 2. The summed E-state index contributed by atoms with van der Waals surface area (Å²) in [5, 5.41) is 2.68. The summed E-state index contributed by atoms with van der Waals surface area (Å²) < 4.78 is 10.6. The predicted molar refractivity (Wildman–Crippen MR) is 114 cm³/mol. The van der Waals surface area contributed by atoms with E-state index < -0.39 is 24.4 Å². The summed E-state index contributed by atoms with van der Waals surface area (Å²) in [6.45, 7) is 6.07. The zero-order valence-electron chi connectivity index (χ0n) is 17.4. The van der Waals surface area contributed by atoms with E-state index in [1.807, 2.05) is 39.0 Å². The Bertz CT molecular complexity index is 936. The molecule has 2 aromatic carbocycles. The summed E-state index contributed by atoms with van der Waals surface area (Å²) in [5.41, 5.74) is 3.39. The SMILES string of the molecule is CCOc1ccccc1NC(=O)COC(=O)[C@@H]1CC(=O)N(c2cc(C)cc(C)c2)C1. The predicted octanol–water partition coefficient (Wildman–Crippen LogP) is 3.24. The van der Waals surface area contributed by atoms with Crippen LogP contribution in [-0.4, -0.2) is 37.5 Å². The lowest BCUT2D eigenvalue weighted by Gasteiger charge is -2.18. The van der Waals surface area contributed by atoms with Gasteiger partial charge in [0, 0.05) is 18.7 Å². The van der Waals surface area contributed by atoms with Crippen molar-refractivity contribution in [3.8, 4) is 5.75 Å². The van der Waals surface area contributed by atoms with Gasteiger partial charge in [0.2, 0.25) is 5.91 Å². The van der Waals surface area contributed by atoms with Crippen LogP contribution in [-0.2, 0) is 19.1 Å². The number of esters is 1. The molecule has 30 heavy (non-hydrogen) atoms. The van der Waals surface area contributed by atoms with Crippen molar-refractivity contribution in [1.82, 2.24) is 0 Å². The van der Waals surface area contributed by atoms with E-state index in [9.17, 15) is 14.4 Å². The number of ether oxygens (including phenoxy) is 2. The molecule has 1 fully saturated rings. The van der Waals surface area contributed by atoms with Crippen LogP contribution in [0.15, 0.2) is 42.5 Å². The lowest BCUT2D eigenvalue weighted by Crippen LogP contribution is -2.28. The van der Waals surface area contributed by atoms with E-state index in [0.717, 1.165) is 16.8 Å². The van der Waals surface area contributed by atoms with Crippen molar-refractivity contribution < 1.29 is 23.9 Å². The van der Waals surface area contributed by atoms with Crippen LogP contribution in [0.3, 0.4) is 0 Å². The Hall–Kier alpha value is -3.35. The zero-order valence-corrected chi connectivity index (χ0v) is 17.4. The quantitative estimate of drug-likeness (QED) is 0.709. The van der Waals surface area contributed by atoms with Gasteiger partial charge in [0.05, 0.1) is 18.2 Å². The Balaban J connectivity index is 1.55. The molecule has 0 unspecified atom stereocenters. The van der Waals surface area contributed by atoms with Gasteiger partial charge < -0.3 is 19.7 Å². The molecule has 1 atom stereocenters. The summed E-state index contributed by atoms with van der Waals surface area (Å²) in [5.74, 6) is -1.20. The average molecular weight is 410 g/mol. The summed E-state index contributed by atoms with van der Waals surface area (Å²) in [6, 6.07) is 12.9. The number of nitrogens with zero attached hydrogens (tertiary/aromatic N) is 1. The third kappa shape index (κ3) is 5.17. The van der Waals surface area contributed by atoms with Gasteiger partial charge in [-0.25, -0.2) is 0 Å². The van der Waals surface area contributed by atoms with Gasteiger partial charge in [-0.2, -0.15) is 0 Å². The Kier molecular flexibility index (Phi) is 6.72. The number of para-hydroxylation sites is 2. The second kappa shape index (κ2) is 9.43. The van der Waals surface area contributed by atoms with Crippen molar-refractivity contribution in [2.24, 2.45) is 5.92 Å². The maximum atomic E-state index is 12.4. The van der Waals surface area contributed by atoms with Crippen LogP contribution in [0.4, 0.5) is 11.4 Å². The number of nitrogens with one attached hydrogen (secondary N) is 1. The maximum absolute atomic E-state index is 12.4. The Labute approximate surface area is 176 Å². The fourth-order valence-corrected chi connectivity index (χ4v) is 3.51. The van der Waals surface area contributed by atoms with Gasteiger partial charge in [-0.15, -0.1) is 0 Å². The first-order chi connectivity index (χ1) is 14.4. The second-order valence-corrected chi connectivity index (χ2v) is 7.34. The Morgan fingerprint density at radius 3 is 2.53 bits per heavy atom. The highest BCUT2D eigenvalue weighted by Crippen LogP contribution is 2.28. The summed E-state index contributed by atoms with van der Waals surface area (Å²) in [4.78, 5) is 38.6. The summed E-state index contributed by atoms with van der Waals surface area (Å²) >= 11 is 0. The molecule has 158 valence electrons. The molecule has 0 saturated carbocycles. The molecule has 1 N–H and O–H groups in total. The van der Waals surface area contributed by atoms with Gasteiger partial charge in [-0.3, -0.25) is 14.4 Å². The lowest BCUT2D eigenvalue weighted by atomic mass is 10.1. The van der Waals surface area contributed by atoms with Crippen molar-refractivity contribution in [2.75, 3.05) is 30.0 Å². The van der Waals surface area contributed by atoms with Crippen molar-refractivity contribution in [3.63, 3.8) is 0 Å². The maximum Gasteiger partial charge on any atom is 0.311 e. The van der Waals surface area contributed by atoms with Crippen LogP contribution in [0, 0.1) is 19.8 Å². The average Bonchev–Trinajstić information content (AvgIpc) is 3.09. The smallest absolute Gasteiger partial charge is 0.311 e. The molecule has 1 heterocycles. The van der Waals surface area contributed by atoms with Gasteiger partial charge >= 0.3 is 5.97 Å². The van der Waals surface area contributed by atoms with Crippen LogP contribution >= 0.6 is 0 Å². The molecule has 2 amide bonds. The van der Waals surface area contributed by atoms with Crippen molar-refractivity contribution in [2.45, 2.75) is 27.2 Å². The van der Waals surface area contributed by atoms with Crippen molar-refractivity contribution >= 4 is 29.2 Å². The van der Waals surface area contributed by atoms with E-state index in [0.29, 0.717) is 18.0 Å². The highest BCUT2D eigenvalue weighted by Gasteiger charge is 2.36. The summed E-state index contributed by atoms with van der Waals surface area (Å²) in [6.07, 6.45) is 0.0701. The van der Waals surface area contributed by atoms with Gasteiger partial charge in [-0.05, 0) is 56.2 Å². The number of hydrogen-bond donors (Lipinski definition) is 1. The topological polar surface area (TPSA) is 84.9 Å². The first-order valence-electron chi connectivity index (χ1n) is 9.94. The van der Waals surface area contributed by atoms with E-state index in [2.05, 4.69) is 5.32 Å². The Morgan fingerprint density at radius 2 is 1.83 bits per heavy atom. The molecule has 2 aromatic rings. The molecule has 1 saturated heterocycles. The third-order valence-corrected chi connectivity index (χ3v) is 4.78. The minimum atomic E-state index is -0.596. The van der Waals surface area contributed by atoms with Crippen LogP contribution in [0.25, 0.3) is 0 Å². The molecule has 7 nitrogen and oxygen atoms in total. The molecule has 0 spiro atoms. The van der Waals surface area contributed by atoms with E-state index in [-0.39, 0.29) is 18.9 Å². The number of anilines is 2. The van der Waals surface area contributed by atoms with Crippen molar-refractivity contribution in [3.05, 3.63) is 53.6 Å². The first kappa shape index (κ1) is 21.4. The molecule has 0 aromatic heterocycles. The van der Waals surface area contributed by atoms with Crippen LogP contribution in [0.5, 0.6) is 5.75 Å². The van der Waals surface area contributed by atoms with Crippen LogP contribution in [0.1, 0.15) is 24.5 Å². The minimum absolute atomic E-state index is 0.0701. The standard InChI is InChI=1S/C23H26N2O5/c1-4-29-20-8-6-5-7-19(20)24-21(26)14-30-23(28)17-12-22(27)25(13-17)18-10-15(2)9-16(3)11-18/h5-11,17H,4,12-14H2,1-3H3,(H,24,26)/t17-/m1/s1. The normalized spacial score (nSPS) is 15.8. The van der Waals surface area contributed by atoms with Gasteiger partial charge in [-0.1, -0.05) is 18.2 Å². The highest BCUT2D eigenvalue weighted by atomic mass is 16.5. The number of carbonyl (C=O) groups excluding carboxylic acids is 3. The molecular weight excluding hydrogens is 384 g/mol. The number of rotatable bonds is 7. The third-order valence-electron chi connectivity index (χ3n) is 4.78. The summed E-state index contributed by atoms with van der Waals surface area (Å²) in [7, 11) is 0. The minimum Gasteiger partial charge on any atom is -0.492 e. The number of carbonyl (C=O) groups is 3. The molecule has 3 rings (SSSR count). The van der Waals surface area contributed by atoms with Gasteiger partial charge in [0.1, 0.15) is 5.75 Å². The monoisotopic (exact) mass is 410 g/mol. The lowest BCUT2D eigenvalue weighted by molar-refractivity contribution is -0.151. The molecule has 0 aliphatic carbocycles. The molecule has 0 bridgehead atoms. The second-order valence-electron chi connectivity index (χ2n) is 7.34. The van der Waals surface area contributed by atoms with Gasteiger partial charge in [0.25, 0.3) is 5.91 Å². The fraction of sp³-hybridized carbons (Fsp3) is 0.348. The highest BCUT2D eigenvalue weighted by molar-refractivity contribution is 6.00. The molecular formula is C23H26N2O5. The fourth-order valence-electron chi connectivity index (χ4n) is 3.51. The first-order valence-corrected chi connectivity index (χ1v) is 9.94. The molecule has 1 aliphatic heterocycles.